The number of rotatable bonds is 5. The highest BCUT2D eigenvalue weighted by molar-refractivity contribution is 7.20. The first-order chi connectivity index (χ1) is 10.5. The summed E-state index contributed by atoms with van der Waals surface area (Å²) in [7, 11) is 4.11. The number of anilines is 1. The highest BCUT2D eigenvalue weighted by atomic mass is 32.1. The minimum atomic E-state index is -0.144. The van der Waals surface area contributed by atoms with E-state index in [1.165, 1.54) is 26.8 Å². The molecule has 22 heavy (non-hydrogen) atoms. The van der Waals surface area contributed by atoms with Gasteiger partial charge < -0.3 is 10.2 Å². The Hall–Kier alpha value is -1.77. The van der Waals surface area contributed by atoms with Gasteiger partial charge in [-0.3, -0.25) is 4.79 Å². The molecule has 3 rings (SSSR count). The number of nitrogens with one attached hydrogen (secondary N) is 1. The van der Waals surface area contributed by atoms with Crippen LogP contribution in [-0.2, 0) is 0 Å². The van der Waals surface area contributed by atoms with E-state index in [0.717, 1.165) is 6.54 Å². The summed E-state index contributed by atoms with van der Waals surface area (Å²) in [5, 5.41) is 10.4. The van der Waals surface area contributed by atoms with Gasteiger partial charge in [-0.1, -0.05) is 17.4 Å². The lowest BCUT2D eigenvalue weighted by Crippen LogP contribution is -2.26. The Kier molecular flexibility index (Phi) is 4.23. The number of nitrogens with zero attached hydrogens (tertiary/aromatic N) is 4. The van der Waals surface area contributed by atoms with Gasteiger partial charge in [0.15, 0.2) is 0 Å². The molecule has 8 heteroatoms. The largest absolute Gasteiger partial charge is 0.358 e. The summed E-state index contributed by atoms with van der Waals surface area (Å²) in [5.74, 6) is 0. The van der Waals surface area contributed by atoms with Gasteiger partial charge >= 0.3 is 0 Å². The van der Waals surface area contributed by atoms with Crippen LogP contribution in [0.4, 0.5) is 5.13 Å². The number of thiophene rings is 1. The standard InChI is InChI=1S/C14H17N5OS2/c1-9-7-12(20)19-14(16-9)22-13(17-19)15-8-10(18(2)3)11-5-4-6-21-11/h4-7,10H,8H2,1-3H3,(H,15,17)/t10-/m0/s1. The van der Waals surface area contributed by atoms with Crippen molar-refractivity contribution in [3.8, 4) is 0 Å². The van der Waals surface area contributed by atoms with Crippen LogP contribution in [-0.4, -0.2) is 40.1 Å². The number of aryl methyl sites for hydroxylation is 1. The lowest BCUT2D eigenvalue weighted by Gasteiger charge is -2.23. The Morgan fingerprint density at radius 2 is 2.27 bits per heavy atom. The predicted octanol–water partition coefficient (Wildman–Crippen LogP) is 2.24. The molecule has 3 aromatic heterocycles. The fourth-order valence-corrected chi connectivity index (χ4v) is 3.97. The third kappa shape index (κ3) is 3.03. The quantitative estimate of drug-likeness (QED) is 0.775. The van der Waals surface area contributed by atoms with E-state index >= 15 is 0 Å². The van der Waals surface area contributed by atoms with Crippen LogP contribution < -0.4 is 10.9 Å². The van der Waals surface area contributed by atoms with Gasteiger partial charge in [0.1, 0.15) is 0 Å². The van der Waals surface area contributed by atoms with Crippen LogP contribution in [0.25, 0.3) is 4.96 Å². The highest BCUT2D eigenvalue weighted by Crippen LogP contribution is 2.24. The number of aromatic nitrogens is 3. The second kappa shape index (κ2) is 6.15. The zero-order valence-corrected chi connectivity index (χ0v) is 14.2. The van der Waals surface area contributed by atoms with E-state index in [1.807, 2.05) is 6.92 Å². The molecule has 1 N–H and O–H groups in total. The summed E-state index contributed by atoms with van der Waals surface area (Å²) in [6.45, 7) is 2.54. The number of hydrogen-bond acceptors (Lipinski definition) is 7. The van der Waals surface area contributed by atoms with Gasteiger partial charge in [-0.25, -0.2) is 4.98 Å². The zero-order chi connectivity index (χ0) is 15.7. The molecule has 0 saturated carbocycles. The van der Waals surface area contributed by atoms with Crippen molar-refractivity contribution in [2.45, 2.75) is 13.0 Å². The van der Waals surface area contributed by atoms with Gasteiger partial charge in [-0.2, -0.15) is 4.52 Å². The number of hydrogen-bond donors (Lipinski definition) is 1. The Bertz CT molecular complexity index is 821. The van der Waals surface area contributed by atoms with Gasteiger partial charge in [0.25, 0.3) is 5.56 Å². The maximum absolute atomic E-state index is 11.9. The normalized spacial score (nSPS) is 12.9. The third-order valence-corrected chi connectivity index (χ3v) is 5.15. The molecule has 0 amide bonds. The van der Waals surface area contributed by atoms with Crippen LogP contribution in [0.2, 0.25) is 0 Å². The van der Waals surface area contributed by atoms with E-state index in [9.17, 15) is 4.79 Å². The first-order valence-electron chi connectivity index (χ1n) is 6.86. The molecule has 0 aliphatic rings. The molecule has 0 saturated heterocycles. The van der Waals surface area contributed by atoms with Crippen molar-refractivity contribution in [3.63, 3.8) is 0 Å². The fraction of sp³-hybridized carbons (Fsp3) is 0.357. The Balaban J connectivity index is 1.81. The van der Waals surface area contributed by atoms with Gasteiger partial charge in [0, 0.05) is 23.2 Å². The maximum atomic E-state index is 11.9. The van der Waals surface area contributed by atoms with E-state index in [2.05, 4.69) is 51.9 Å². The van der Waals surface area contributed by atoms with Gasteiger partial charge in [0.2, 0.25) is 10.1 Å². The van der Waals surface area contributed by atoms with Crippen molar-refractivity contribution in [2.75, 3.05) is 26.0 Å². The summed E-state index contributed by atoms with van der Waals surface area (Å²) in [6.07, 6.45) is 0. The molecule has 0 fully saturated rings. The Morgan fingerprint density at radius 1 is 1.45 bits per heavy atom. The van der Waals surface area contributed by atoms with E-state index in [4.69, 9.17) is 0 Å². The second-order valence-corrected chi connectivity index (χ2v) is 7.15. The molecule has 0 bridgehead atoms. The molecule has 0 spiro atoms. The number of likely N-dealkylation sites (N-methyl/N-ethyl adjacent to an activating group) is 1. The first-order valence-corrected chi connectivity index (χ1v) is 8.55. The maximum Gasteiger partial charge on any atom is 0.275 e. The third-order valence-electron chi connectivity index (χ3n) is 3.31. The van der Waals surface area contributed by atoms with E-state index in [0.29, 0.717) is 15.8 Å². The smallest absolute Gasteiger partial charge is 0.275 e. The summed E-state index contributed by atoms with van der Waals surface area (Å²) >= 11 is 3.13. The lowest BCUT2D eigenvalue weighted by atomic mass is 10.2. The summed E-state index contributed by atoms with van der Waals surface area (Å²) < 4.78 is 1.34. The predicted molar refractivity (Wildman–Crippen MR) is 91.1 cm³/mol. The molecule has 3 aromatic rings. The van der Waals surface area contributed by atoms with Crippen molar-refractivity contribution in [1.29, 1.82) is 0 Å². The number of fused-ring (bicyclic) bond motifs is 1. The molecular weight excluding hydrogens is 318 g/mol. The van der Waals surface area contributed by atoms with Gasteiger partial charge in [0.05, 0.1) is 6.04 Å². The fourth-order valence-electron chi connectivity index (χ4n) is 2.19. The highest BCUT2D eigenvalue weighted by Gasteiger charge is 2.16. The van der Waals surface area contributed by atoms with Gasteiger partial charge in [-0.05, 0) is 32.5 Å². The van der Waals surface area contributed by atoms with Crippen molar-refractivity contribution in [2.24, 2.45) is 0 Å². The average Bonchev–Trinajstić information content (AvgIpc) is 3.08. The molecule has 3 heterocycles. The minimum Gasteiger partial charge on any atom is -0.358 e. The topological polar surface area (TPSA) is 62.5 Å². The molecule has 0 aliphatic carbocycles. The minimum absolute atomic E-state index is 0.144. The van der Waals surface area contributed by atoms with Crippen molar-refractivity contribution in [1.82, 2.24) is 19.5 Å². The zero-order valence-electron chi connectivity index (χ0n) is 12.6. The average molecular weight is 335 g/mol. The Morgan fingerprint density at radius 3 is 2.95 bits per heavy atom. The van der Waals surface area contributed by atoms with Crippen LogP contribution in [0.1, 0.15) is 16.6 Å². The van der Waals surface area contributed by atoms with E-state index in [1.54, 1.807) is 11.3 Å². The van der Waals surface area contributed by atoms with Crippen LogP contribution in [0.3, 0.4) is 0 Å². The molecular formula is C14H17N5OS2. The summed E-state index contributed by atoms with van der Waals surface area (Å²) in [4.78, 5) is 20.3. The molecule has 1 atom stereocenters. The Labute approximate surface area is 136 Å². The molecule has 6 nitrogen and oxygen atoms in total. The monoisotopic (exact) mass is 335 g/mol. The van der Waals surface area contributed by atoms with Crippen LogP contribution in [0.5, 0.6) is 0 Å². The lowest BCUT2D eigenvalue weighted by molar-refractivity contribution is 0.316. The van der Waals surface area contributed by atoms with Crippen LogP contribution in [0, 0.1) is 6.92 Å². The molecule has 0 unspecified atom stereocenters. The summed E-state index contributed by atoms with van der Waals surface area (Å²) in [6, 6.07) is 5.94. The van der Waals surface area contributed by atoms with Crippen LogP contribution in [0.15, 0.2) is 28.4 Å². The van der Waals surface area contributed by atoms with Crippen molar-refractivity contribution in [3.05, 3.63) is 44.5 Å². The second-order valence-electron chi connectivity index (χ2n) is 5.21. The van der Waals surface area contributed by atoms with Gasteiger partial charge in [-0.15, -0.1) is 16.4 Å². The van der Waals surface area contributed by atoms with Crippen LogP contribution >= 0.6 is 22.7 Å². The molecule has 0 aliphatic heterocycles. The summed E-state index contributed by atoms with van der Waals surface area (Å²) in [5.41, 5.74) is 0.569. The molecule has 116 valence electrons. The van der Waals surface area contributed by atoms with E-state index in [-0.39, 0.29) is 11.6 Å². The molecule has 0 radical (unpaired) electrons. The first kappa shape index (κ1) is 15.1. The van der Waals surface area contributed by atoms with Crippen molar-refractivity contribution < 1.29 is 0 Å². The SMILES string of the molecule is Cc1cc(=O)n2nc(NC[C@@H](c3cccs3)N(C)C)sc2n1. The van der Waals surface area contributed by atoms with E-state index < -0.39 is 0 Å². The molecule has 0 aromatic carbocycles. The van der Waals surface area contributed by atoms with Crippen molar-refractivity contribution >= 4 is 32.8 Å².